The molecule has 0 unspecified atom stereocenters. The van der Waals surface area contributed by atoms with Gasteiger partial charge in [0, 0.05) is 0 Å². The van der Waals surface area contributed by atoms with E-state index in [4.69, 9.17) is 4.98 Å². The molecular weight excluding hydrogens is 472 g/mol. The van der Waals surface area contributed by atoms with Crippen molar-refractivity contribution < 1.29 is 29.7 Å². The molecule has 2 rings (SSSR count). The van der Waals surface area contributed by atoms with Gasteiger partial charge in [-0.3, -0.25) is 0 Å². The van der Waals surface area contributed by atoms with E-state index in [0.29, 0.717) is 11.8 Å². The summed E-state index contributed by atoms with van der Waals surface area (Å²) in [6.45, 7) is 26.9. The Morgan fingerprint density at radius 1 is 0.700 bits per heavy atom. The summed E-state index contributed by atoms with van der Waals surface area (Å²) in [6, 6.07) is 6.64. The number of hydrogen-bond donors (Lipinski definition) is 0. The Kier molecular flexibility index (Phi) is 13.5. The molecule has 1 aliphatic rings. The van der Waals surface area contributed by atoms with Crippen LogP contribution in [0.15, 0.2) is 18.2 Å². The zero-order valence-corrected chi connectivity index (χ0v) is 24.5. The molecule has 1 nitrogen and oxygen atoms in total. The molecule has 0 heterocycles. The third-order valence-corrected chi connectivity index (χ3v) is 6.50. The fourth-order valence-corrected chi connectivity index (χ4v) is 4.31. The molecule has 0 spiro atoms. The van der Waals surface area contributed by atoms with Crippen molar-refractivity contribution in [2.75, 3.05) is 0 Å². The van der Waals surface area contributed by atoms with Gasteiger partial charge in [0.1, 0.15) is 0 Å². The van der Waals surface area contributed by atoms with E-state index in [1.165, 1.54) is 46.4 Å². The molecule has 1 saturated carbocycles. The average molecular weight is 513 g/mol. The molecule has 0 aliphatic heterocycles. The molecular formula is C25H41F2NSiZr+. The second-order valence-corrected chi connectivity index (χ2v) is 14.5. The van der Waals surface area contributed by atoms with Crippen LogP contribution in [-0.2, 0) is 24.5 Å². The summed E-state index contributed by atoms with van der Waals surface area (Å²) in [5.41, 5.74) is 4.08. The van der Waals surface area contributed by atoms with Crippen LogP contribution in [0.25, 0.3) is 4.98 Å². The van der Waals surface area contributed by atoms with Gasteiger partial charge in [-0.25, -0.2) is 0 Å². The van der Waals surface area contributed by atoms with E-state index in [9.17, 15) is 5.25 Å². The molecule has 1 aromatic carbocycles. The van der Waals surface area contributed by atoms with E-state index in [0.717, 1.165) is 0 Å². The summed E-state index contributed by atoms with van der Waals surface area (Å²) < 4.78 is 19.6. The topological polar surface area (TPSA) is 14.1 Å². The standard InChI is InChI=1S/C15H26NSi.C10H15.2FH.Zr/c1-11(2)13-9-8-10-14(12(3)4)15(13)16-17(5,6)7;1-6-7(2)9(4)10(5)8(6)3;;;/h8-12H,1-7H3;1-5H3;2*1H;/q-1;;;;+4/p-2. The molecule has 0 bridgehead atoms. The van der Waals surface area contributed by atoms with Crippen LogP contribution in [-0.4, -0.2) is 8.24 Å². The van der Waals surface area contributed by atoms with E-state index in [2.05, 4.69) is 100 Å². The molecule has 5 radical (unpaired) electrons. The molecule has 0 amide bonds. The number of benzene rings is 1. The third-order valence-electron chi connectivity index (χ3n) is 5.60. The van der Waals surface area contributed by atoms with Crippen LogP contribution in [0.2, 0.25) is 19.6 Å². The second kappa shape index (κ2) is 13.5. The first-order valence-corrected chi connectivity index (χ1v) is 16.0. The quantitative estimate of drug-likeness (QED) is 0.357. The Morgan fingerprint density at radius 2 is 0.967 bits per heavy atom. The van der Waals surface area contributed by atoms with E-state index < -0.39 is 32.7 Å². The van der Waals surface area contributed by atoms with Crippen molar-refractivity contribution in [2.24, 2.45) is 0 Å². The van der Waals surface area contributed by atoms with Gasteiger partial charge < -0.3 is 4.98 Å². The van der Waals surface area contributed by atoms with Crippen LogP contribution in [0, 0.1) is 29.6 Å². The number of nitrogens with zero attached hydrogens (tertiary/aromatic N) is 1. The zero-order chi connectivity index (χ0) is 23.8. The van der Waals surface area contributed by atoms with Gasteiger partial charge in [-0.2, -0.15) is 0 Å². The Labute approximate surface area is 200 Å². The predicted molar refractivity (Wildman–Crippen MR) is 128 cm³/mol. The fraction of sp³-hybridized carbons (Fsp3) is 0.560. The Bertz CT molecular complexity index is 545. The molecule has 1 aliphatic carbocycles. The van der Waals surface area contributed by atoms with Crippen molar-refractivity contribution in [1.82, 2.24) is 0 Å². The fourth-order valence-electron chi connectivity index (χ4n) is 3.38. The average Bonchev–Trinajstić information content (AvgIpc) is 2.79. The van der Waals surface area contributed by atoms with Gasteiger partial charge in [0.15, 0.2) is 0 Å². The van der Waals surface area contributed by atoms with E-state index in [-0.39, 0.29) is 0 Å². The Morgan fingerprint density at radius 3 is 1.17 bits per heavy atom. The van der Waals surface area contributed by atoms with Gasteiger partial charge >= 0.3 is 29.7 Å². The summed E-state index contributed by atoms with van der Waals surface area (Å²) in [4.78, 5) is 5.07. The maximum absolute atomic E-state index is 9.80. The first-order chi connectivity index (χ1) is 13.7. The van der Waals surface area contributed by atoms with Crippen LogP contribution < -0.4 is 0 Å². The molecule has 167 valence electrons. The molecule has 0 saturated heterocycles. The van der Waals surface area contributed by atoms with Gasteiger partial charge in [-0.15, -0.1) is 5.69 Å². The predicted octanol–water partition coefficient (Wildman–Crippen LogP) is 9.58. The van der Waals surface area contributed by atoms with Crippen molar-refractivity contribution in [1.29, 1.82) is 0 Å². The summed E-state index contributed by atoms with van der Waals surface area (Å²) in [5, 5.41) is 0. The molecule has 30 heavy (non-hydrogen) atoms. The minimum absolute atomic E-state index is 0.545. The van der Waals surface area contributed by atoms with E-state index in [1.807, 2.05) is 0 Å². The zero-order valence-electron chi connectivity index (χ0n) is 21.1. The minimum atomic E-state index is -2.77. The van der Waals surface area contributed by atoms with Gasteiger partial charge in [0.25, 0.3) is 0 Å². The monoisotopic (exact) mass is 511 g/mol. The Hall–Kier alpha value is -0.0200. The van der Waals surface area contributed by atoms with Gasteiger partial charge in [0.05, 0.1) is 0 Å². The number of rotatable bonds is 4. The first kappa shape index (κ1) is 30.0. The van der Waals surface area contributed by atoms with Crippen LogP contribution in [0.4, 0.5) is 10.9 Å². The van der Waals surface area contributed by atoms with Gasteiger partial charge in [-0.05, 0) is 49.7 Å². The summed E-state index contributed by atoms with van der Waals surface area (Å²) in [6.07, 6.45) is 0. The van der Waals surface area contributed by atoms with Crippen LogP contribution in [0.5, 0.6) is 0 Å². The molecule has 0 atom stereocenters. The van der Waals surface area contributed by atoms with Crippen molar-refractivity contribution in [3.05, 3.63) is 63.9 Å². The molecule has 1 fully saturated rings. The second-order valence-electron chi connectivity index (χ2n) is 9.57. The van der Waals surface area contributed by atoms with Crippen molar-refractivity contribution in [2.45, 2.75) is 93.8 Å². The van der Waals surface area contributed by atoms with Crippen molar-refractivity contribution >= 4 is 13.9 Å². The van der Waals surface area contributed by atoms with E-state index >= 15 is 0 Å². The summed E-state index contributed by atoms with van der Waals surface area (Å²) in [5.74, 6) is 8.43. The first-order valence-electron chi connectivity index (χ1n) is 10.7. The summed E-state index contributed by atoms with van der Waals surface area (Å²) in [7, 11) is -1.43. The van der Waals surface area contributed by atoms with Crippen LogP contribution >= 0.6 is 0 Å². The molecule has 1 aromatic rings. The van der Waals surface area contributed by atoms with Crippen LogP contribution in [0.3, 0.4) is 0 Å². The van der Waals surface area contributed by atoms with Crippen molar-refractivity contribution in [3.63, 3.8) is 0 Å². The molecule has 0 aromatic heterocycles. The normalized spacial score (nSPS) is 16.8. The Balaban J connectivity index is 0.000000546. The third kappa shape index (κ3) is 9.23. The van der Waals surface area contributed by atoms with Gasteiger partial charge in [-0.1, -0.05) is 111 Å². The number of halogens is 2. The van der Waals surface area contributed by atoms with Crippen molar-refractivity contribution in [3.8, 4) is 0 Å². The molecule has 5 heteroatoms. The molecule has 0 N–H and O–H groups in total. The SMILES string of the molecule is CC(C)c1cccc(C(C)C)c1[N-][Si](C)(C)C.C[C]1[C](C)[C](C)[C](C)[C]1C.[F][Zr+2][F]. The van der Waals surface area contributed by atoms with Gasteiger partial charge in [0.2, 0.25) is 0 Å². The van der Waals surface area contributed by atoms with E-state index in [1.54, 1.807) is 0 Å². The van der Waals surface area contributed by atoms with Crippen LogP contribution in [0.1, 0.15) is 85.3 Å². The summed E-state index contributed by atoms with van der Waals surface area (Å²) >= 11 is -2.77. The maximum atomic E-state index is 9.80. The number of hydrogen-bond acceptors (Lipinski definition) is 0.